The molecule has 0 radical (unpaired) electrons. The van der Waals surface area contributed by atoms with E-state index in [0.29, 0.717) is 0 Å². The van der Waals surface area contributed by atoms with Gasteiger partial charge in [0.2, 0.25) is 0 Å². The van der Waals surface area contributed by atoms with Crippen LogP contribution in [0.1, 0.15) is 24.0 Å². The molecule has 1 aliphatic heterocycles. The number of hydrogen-bond donors (Lipinski definition) is 0. The molecule has 0 aromatic heterocycles. The predicted octanol–water partition coefficient (Wildman–Crippen LogP) is 3.23. The van der Waals surface area contributed by atoms with Crippen LogP contribution < -0.4 is 4.90 Å². The summed E-state index contributed by atoms with van der Waals surface area (Å²) in [5.41, 5.74) is 3.17. The van der Waals surface area contributed by atoms with Crippen molar-refractivity contribution < 1.29 is 0 Å². The third kappa shape index (κ3) is 2.00. The first kappa shape index (κ1) is 10.5. The fraction of sp³-hybridized carbons (Fsp3) is 0.417. The maximum absolute atomic E-state index is 8.91. The van der Waals surface area contributed by atoms with E-state index in [9.17, 15) is 0 Å². The lowest BCUT2D eigenvalue weighted by Gasteiger charge is -2.20. The SMILES string of the molecule is Cc1cc(C#N)c(Br)cc1N1CCCC1. The molecule has 0 N–H and O–H groups in total. The largest absolute Gasteiger partial charge is 0.371 e. The number of benzene rings is 1. The molecule has 0 spiro atoms. The van der Waals surface area contributed by atoms with E-state index in [1.54, 1.807) is 0 Å². The molecule has 0 aliphatic carbocycles. The molecular weight excluding hydrogens is 252 g/mol. The van der Waals surface area contributed by atoms with E-state index in [1.807, 2.05) is 6.07 Å². The molecule has 2 rings (SSSR count). The minimum Gasteiger partial charge on any atom is -0.371 e. The molecule has 0 saturated carbocycles. The van der Waals surface area contributed by atoms with Crippen molar-refractivity contribution in [3.05, 3.63) is 27.7 Å². The molecule has 78 valence electrons. The number of aryl methyl sites for hydroxylation is 1. The average molecular weight is 265 g/mol. The number of halogens is 1. The lowest BCUT2D eigenvalue weighted by atomic mass is 10.1. The van der Waals surface area contributed by atoms with Crippen LogP contribution in [0.5, 0.6) is 0 Å². The summed E-state index contributed by atoms with van der Waals surface area (Å²) in [6, 6.07) is 6.21. The summed E-state index contributed by atoms with van der Waals surface area (Å²) in [6.45, 7) is 4.35. The molecule has 1 fully saturated rings. The van der Waals surface area contributed by atoms with Gasteiger partial charge in [-0.3, -0.25) is 0 Å². The van der Waals surface area contributed by atoms with Gasteiger partial charge >= 0.3 is 0 Å². The molecule has 0 unspecified atom stereocenters. The van der Waals surface area contributed by atoms with Gasteiger partial charge in [-0.25, -0.2) is 0 Å². The Bertz CT molecular complexity index is 414. The number of anilines is 1. The topological polar surface area (TPSA) is 27.0 Å². The van der Waals surface area contributed by atoms with Gasteiger partial charge in [0.1, 0.15) is 6.07 Å². The van der Waals surface area contributed by atoms with Crippen LogP contribution in [0.25, 0.3) is 0 Å². The second-order valence-electron chi connectivity index (χ2n) is 3.92. The van der Waals surface area contributed by atoms with Gasteiger partial charge in [0.25, 0.3) is 0 Å². The highest BCUT2D eigenvalue weighted by molar-refractivity contribution is 9.10. The highest BCUT2D eigenvalue weighted by Crippen LogP contribution is 2.29. The number of rotatable bonds is 1. The normalized spacial score (nSPS) is 15.4. The Balaban J connectivity index is 2.40. The molecule has 0 atom stereocenters. The van der Waals surface area contributed by atoms with Gasteiger partial charge in [-0.15, -0.1) is 0 Å². The Morgan fingerprint density at radius 1 is 1.33 bits per heavy atom. The van der Waals surface area contributed by atoms with Crippen LogP contribution in [0, 0.1) is 18.3 Å². The van der Waals surface area contributed by atoms with Crippen molar-refractivity contribution in [3.63, 3.8) is 0 Å². The molecule has 1 heterocycles. The van der Waals surface area contributed by atoms with Crippen LogP contribution in [-0.2, 0) is 0 Å². The van der Waals surface area contributed by atoms with Crippen LogP contribution in [0.15, 0.2) is 16.6 Å². The molecule has 0 bridgehead atoms. The summed E-state index contributed by atoms with van der Waals surface area (Å²) in [5.74, 6) is 0. The van der Waals surface area contributed by atoms with E-state index in [-0.39, 0.29) is 0 Å². The predicted molar refractivity (Wildman–Crippen MR) is 65.0 cm³/mol. The zero-order valence-electron chi connectivity index (χ0n) is 8.76. The smallest absolute Gasteiger partial charge is 0.100 e. The first-order valence-electron chi connectivity index (χ1n) is 5.17. The van der Waals surface area contributed by atoms with Crippen LogP contribution in [0.3, 0.4) is 0 Å². The Kier molecular flexibility index (Phi) is 2.97. The fourth-order valence-corrected chi connectivity index (χ4v) is 2.48. The van der Waals surface area contributed by atoms with Gasteiger partial charge in [0, 0.05) is 23.2 Å². The third-order valence-corrected chi connectivity index (χ3v) is 3.51. The van der Waals surface area contributed by atoms with Crippen LogP contribution in [0.2, 0.25) is 0 Å². The van der Waals surface area contributed by atoms with E-state index >= 15 is 0 Å². The molecule has 1 aliphatic rings. The zero-order chi connectivity index (χ0) is 10.8. The van der Waals surface area contributed by atoms with E-state index in [1.165, 1.54) is 24.1 Å². The van der Waals surface area contributed by atoms with Crippen molar-refractivity contribution in [3.8, 4) is 6.07 Å². The van der Waals surface area contributed by atoms with Crippen LogP contribution >= 0.6 is 15.9 Å². The lowest BCUT2D eigenvalue weighted by Crippen LogP contribution is -2.18. The molecule has 1 aromatic rings. The molecule has 1 aromatic carbocycles. The second-order valence-corrected chi connectivity index (χ2v) is 4.78. The Morgan fingerprint density at radius 3 is 2.60 bits per heavy atom. The second kappa shape index (κ2) is 4.24. The average Bonchev–Trinajstić information content (AvgIpc) is 2.74. The number of hydrogen-bond acceptors (Lipinski definition) is 2. The summed E-state index contributed by atoms with van der Waals surface area (Å²) in [7, 11) is 0. The minimum absolute atomic E-state index is 0.718. The summed E-state index contributed by atoms with van der Waals surface area (Å²) >= 11 is 3.44. The highest BCUT2D eigenvalue weighted by atomic mass is 79.9. The summed E-state index contributed by atoms with van der Waals surface area (Å²) in [4.78, 5) is 2.39. The van der Waals surface area contributed by atoms with E-state index < -0.39 is 0 Å². The van der Waals surface area contributed by atoms with Gasteiger partial charge in [0.15, 0.2) is 0 Å². The molecular formula is C12H13BrN2. The van der Waals surface area contributed by atoms with E-state index in [4.69, 9.17) is 5.26 Å². The lowest BCUT2D eigenvalue weighted by molar-refractivity contribution is 0.949. The molecule has 1 saturated heterocycles. The summed E-state index contributed by atoms with van der Waals surface area (Å²) in [5, 5.41) is 8.91. The third-order valence-electron chi connectivity index (χ3n) is 2.85. The van der Waals surface area contributed by atoms with E-state index in [0.717, 1.165) is 23.1 Å². The number of nitrogens with zero attached hydrogens (tertiary/aromatic N) is 2. The van der Waals surface area contributed by atoms with Crippen molar-refractivity contribution in [1.29, 1.82) is 5.26 Å². The first-order valence-corrected chi connectivity index (χ1v) is 5.97. The monoisotopic (exact) mass is 264 g/mol. The van der Waals surface area contributed by atoms with Crippen molar-refractivity contribution >= 4 is 21.6 Å². The highest BCUT2D eigenvalue weighted by Gasteiger charge is 2.15. The zero-order valence-corrected chi connectivity index (χ0v) is 10.3. The van der Waals surface area contributed by atoms with Gasteiger partial charge in [-0.2, -0.15) is 5.26 Å². The van der Waals surface area contributed by atoms with Gasteiger partial charge < -0.3 is 4.90 Å². The quantitative estimate of drug-likeness (QED) is 0.779. The van der Waals surface area contributed by atoms with Crippen molar-refractivity contribution in [2.45, 2.75) is 19.8 Å². The molecule has 2 nitrogen and oxygen atoms in total. The standard InChI is InChI=1S/C12H13BrN2/c1-9-6-10(8-14)11(13)7-12(9)15-4-2-3-5-15/h6-7H,2-5H2,1H3. The summed E-state index contributed by atoms with van der Waals surface area (Å²) in [6.07, 6.45) is 2.55. The Labute approximate surface area is 98.6 Å². The van der Waals surface area contributed by atoms with Crippen molar-refractivity contribution in [2.75, 3.05) is 18.0 Å². The van der Waals surface area contributed by atoms with Gasteiger partial charge in [-0.05, 0) is 53.4 Å². The maximum Gasteiger partial charge on any atom is 0.100 e. The maximum atomic E-state index is 8.91. The fourth-order valence-electron chi connectivity index (χ4n) is 2.06. The number of nitriles is 1. The summed E-state index contributed by atoms with van der Waals surface area (Å²) < 4.78 is 0.900. The van der Waals surface area contributed by atoms with Gasteiger partial charge in [-0.1, -0.05) is 0 Å². The minimum atomic E-state index is 0.718. The van der Waals surface area contributed by atoms with Crippen LogP contribution in [-0.4, -0.2) is 13.1 Å². The van der Waals surface area contributed by atoms with Crippen molar-refractivity contribution in [1.82, 2.24) is 0 Å². The molecule has 3 heteroatoms. The molecule has 0 amide bonds. The Hall–Kier alpha value is -1.01. The van der Waals surface area contributed by atoms with Gasteiger partial charge in [0.05, 0.1) is 5.56 Å². The van der Waals surface area contributed by atoms with Crippen molar-refractivity contribution in [2.24, 2.45) is 0 Å². The Morgan fingerprint density at radius 2 is 2.00 bits per heavy atom. The van der Waals surface area contributed by atoms with Crippen LogP contribution in [0.4, 0.5) is 5.69 Å². The first-order chi connectivity index (χ1) is 7.22. The molecule has 15 heavy (non-hydrogen) atoms. The van der Waals surface area contributed by atoms with E-state index in [2.05, 4.69) is 39.9 Å².